The van der Waals surface area contributed by atoms with E-state index >= 15 is 0 Å². The van der Waals surface area contributed by atoms with Crippen molar-refractivity contribution in [1.82, 2.24) is 5.32 Å². The first-order valence-corrected chi connectivity index (χ1v) is 9.80. The van der Waals surface area contributed by atoms with Gasteiger partial charge in [-0.15, -0.1) is 0 Å². The molecule has 3 aromatic carbocycles. The number of halogens is 1. The molecule has 0 aliphatic rings. The molecule has 0 spiro atoms. The molecule has 3 rings (SSSR count). The van der Waals surface area contributed by atoms with Crippen LogP contribution >= 0.6 is 23.8 Å². The molecule has 7 heteroatoms. The predicted octanol–water partition coefficient (Wildman–Crippen LogP) is 5.12. The third kappa shape index (κ3) is 6.55. The molecule has 0 bridgehead atoms. The molecule has 150 valence electrons. The van der Waals surface area contributed by atoms with Gasteiger partial charge < -0.3 is 10.6 Å². The molecule has 30 heavy (non-hydrogen) atoms. The summed E-state index contributed by atoms with van der Waals surface area (Å²) in [5.74, 6) is -0.627. The summed E-state index contributed by atoms with van der Waals surface area (Å²) in [6.45, 7) is 0. The SMILES string of the molecule is O=C(/C=C/c1ccccc1)NC(=S)Nc1cccc(NC(=O)c2cccc(Cl)c2)c1. The lowest BCUT2D eigenvalue weighted by molar-refractivity contribution is -0.115. The highest BCUT2D eigenvalue weighted by Crippen LogP contribution is 2.17. The van der Waals surface area contributed by atoms with E-state index in [4.69, 9.17) is 23.8 Å². The van der Waals surface area contributed by atoms with Crippen molar-refractivity contribution in [3.05, 3.63) is 101 Å². The van der Waals surface area contributed by atoms with Crippen LogP contribution in [0.3, 0.4) is 0 Å². The van der Waals surface area contributed by atoms with Gasteiger partial charge in [0.05, 0.1) is 0 Å². The van der Waals surface area contributed by atoms with Crippen LogP contribution in [0.4, 0.5) is 11.4 Å². The van der Waals surface area contributed by atoms with E-state index in [9.17, 15) is 9.59 Å². The lowest BCUT2D eigenvalue weighted by Gasteiger charge is -2.11. The Morgan fingerprint density at radius 1 is 0.833 bits per heavy atom. The Morgan fingerprint density at radius 2 is 1.53 bits per heavy atom. The molecule has 2 amide bonds. The lowest BCUT2D eigenvalue weighted by atomic mass is 10.2. The lowest BCUT2D eigenvalue weighted by Crippen LogP contribution is -2.32. The number of hydrogen-bond acceptors (Lipinski definition) is 3. The molecule has 0 aromatic heterocycles. The predicted molar refractivity (Wildman–Crippen MR) is 126 cm³/mol. The summed E-state index contributed by atoms with van der Waals surface area (Å²) in [7, 11) is 0. The Morgan fingerprint density at radius 3 is 2.27 bits per heavy atom. The molecule has 0 fully saturated rings. The Bertz CT molecular complexity index is 1100. The Balaban J connectivity index is 1.56. The zero-order valence-electron chi connectivity index (χ0n) is 15.8. The summed E-state index contributed by atoms with van der Waals surface area (Å²) < 4.78 is 0. The highest BCUT2D eigenvalue weighted by molar-refractivity contribution is 7.80. The van der Waals surface area contributed by atoms with Gasteiger partial charge in [-0.05, 0) is 60.3 Å². The molecule has 0 saturated carbocycles. The second-order valence-corrected chi connectivity index (χ2v) is 7.08. The van der Waals surface area contributed by atoms with Gasteiger partial charge in [-0.25, -0.2) is 0 Å². The minimum Gasteiger partial charge on any atom is -0.332 e. The van der Waals surface area contributed by atoms with Crippen LogP contribution in [0, 0.1) is 0 Å². The van der Waals surface area contributed by atoms with Gasteiger partial charge in [-0.3, -0.25) is 14.9 Å². The molecule has 3 N–H and O–H groups in total. The number of carbonyl (C=O) groups is 2. The second kappa shape index (κ2) is 10.3. The van der Waals surface area contributed by atoms with Crippen LogP contribution in [-0.4, -0.2) is 16.9 Å². The fourth-order valence-electron chi connectivity index (χ4n) is 2.56. The second-order valence-electron chi connectivity index (χ2n) is 6.23. The zero-order valence-corrected chi connectivity index (χ0v) is 17.3. The van der Waals surface area contributed by atoms with E-state index in [0.717, 1.165) is 5.56 Å². The van der Waals surface area contributed by atoms with Crippen LogP contribution in [0.15, 0.2) is 84.9 Å². The van der Waals surface area contributed by atoms with Crippen molar-refractivity contribution < 1.29 is 9.59 Å². The first-order valence-electron chi connectivity index (χ1n) is 9.02. The standard InChI is InChI=1S/C23H18ClN3O2S/c24-18-9-4-8-17(14-18)22(29)25-19-10-5-11-20(15-19)26-23(30)27-21(28)13-12-16-6-2-1-3-7-16/h1-15H,(H,25,29)(H2,26,27,28,30)/b13-12+. The minimum absolute atomic E-state index is 0.149. The van der Waals surface area contributed by atoms with Crippen LogP contribution in [-0.2, 0) is 4.79 Å². The number of thiocarbonyl (C=S) groups is 1. The highest BCUT2D eigenvalue weighted by Gasteiger charge is 2.08. The highest BCUT2D eigenvalue weighted by atomic mass is 35.5. The van der Waals surface area contributed by atoms with Gasteiger partial charge in [-0.2, -0.15) is 0 Å². The smallest absolute Gasteiger partial charge is 0.255 e. The van der Waals surface area contributed by atoms with Crippen molar-refractivity contribution in [2.75, 3.05) is 10.6 Å². The van der Waals surface area contributed by atoms with E-state index in [0.29, 0.717) is 22.0 Å². The van der Waals surface area contributed by atoms with E-state index < -0.39 is 0 Å². The number of carbonyl (C=O) groups excluding carboxylic acids is 2. The fourth-order valence-corrected chi connectivity index (χ4v) is 2.97. The summed E-state index contributed by atoms with van der Waals surface area (Å²) in [6, 6.07) is 23.1. The summed E-state index contributed by atoms with van der Waals surface area (Å²) in [6.07, 6.45) is 3.11. The van der Waals surface area contributed by atoms with E-state index in [2.05, 4.69) is 16.0 Å². The number of nitrogens with one attached hydrogen (secondary N) is 3. The van der Waals surface area contributed by atoms with Gasteiger partial charge in [0.2, 0.25) is 5.91 Å². The van der Waals surface area contributed by atoms with E-state index in [-0.39, 0.29) is 16.9 Å². The number of benzene rings is 3. The first-order chi connectivity index (χ1) is 14.5. The molecule has 0 atom stereocenters. The molecule has 0 unspecified atom stereocenters. The van der Waals surface area contributed by atoms with Crippen molar-refractivity contribution in [2.24, 2.45) is 0 Å². The molecule has 0 radical (unpaired) electrons. The number of hydrogen-bond donors (Lipinski definition) is 3. The zero-order chi connectivity index (χ0) is 21.3. The first kappa shape index (κ1) is 21.2. The molecular formula is C23H18ClN3O2S. The van der Waals surface area contributed by atoms with Crippen LogP contribution in [0.5, 0.6) is 0 Å². The van der Waals surface area contributed by atoms with E-state index in [1.165, 1.54) is 6.08 Å². The Kier molecular flexibility index (Phi) is 7.32. The third-order valence-corrected chi connectivity index (χ3v) is 4.37. The molecule has 0 aliphatic heterocycles. The maximum Gasteiger partial charge on any atom is 0.255 e. The van der Waals surface area contributed by atoms with Crippen LogP contribution in [0.1, 0.15) is 15.9 Å². The van der Waals surface area contributed by atoms with E-state index in [1.807, 2.05) is 30.3 Å². The van der Waals surface area contributed by atoms with Crippen LogP contribution < -0.4 is 16.0 Å². The van der Waals surface area contributed by atoms with Crippen molar-refractivity contribution in [2.45, 2.75) is 0 Å². The largest absolute Gasteiger partial charge is 0.332 e. The van der Waals surface area contributed by atoms with Crippen LogP contribution in [0.2, 0.25) is 5.02 Å². The molecule has 0 heterocycles. The number of amides is 2. The van der Waals surface area contributed by atoms with Gasteiger partial charge >= 0.3 is 0 Å². The molecule has 3 aromatic rings. The molecular weight excluding hydrogens is 418 g/mol. The topological polar surface area (TPSA) is 70.2 Å². The minimum atomic E-state index is -0.346. The third-order valence-electron chi connectivity index (χ3n) is 3.93. The summed E-state index contributed by atoms with van der Waals surface area (Å²) >= 11 is 11.1. The van der Waals surface area contributed by atoms with Gasteiger partial charge in [-0.1, -0.05) is 54.1 Å². The maximum atomic E-state index is 12.4. The Labute approximate surface area is 184 Å². The van der Waals surface area contributed by atoms with Gasteiger partial charge in [0.1, 0.15) is 0 Å². The summed E-state index contributed by atoms with van der Waals surface area (Å²) in [5, 5.41) is 8.94. The monoisotopic (exact) mass is 435 g/mol. The maximum absolute atomic E-state index is 12.4. The summed E-state index contributed by atoms with van der Waals surface area (Å²) in [4.78, 5) is 24.4. The van der Waals surface area contributed by atoms with Crippen molar-refractivity contribution in [3.63, 3.8) is 0 Å². The number of rotatable bonds is 5. The average Bonchev–Trinajstić information content (AvgIpc) is 2.73. The van der Waals surface area contributed by atoms with Gasteiger partial charge in [0.15, 0.2) is 5.11 Å². The van der Waals surface area contributed by atoms with Crippen molar-refractivity contribution in [1.29, 1.82) is 0 Å². The normalized spacial score (nSPS) is 10.4. The molecule has 0 aliphatic carbocycles. The van der Waals surface area contributed by atoms with Crippen molar-refractivity contribution in [3.8, 4) is 0 Å². The molecule has 5 nitrogen and oxygen atoms in total. The van der Waals surface area contributed by atoms with Gasteiger partial charge in [0, 0.05) is 28.0 Å². The molecule has 0 saturated heterocycles. The van der Waals surface area contributed by atoms with Crippen molar-refractivity contribution >= 4 is 58.2 Å². The van der Waals surface area contributed by atoms with Gasteiger partial charge in [0.25, 0.3) is 5.91 Å². The Hall–Kier alpha value is -3.48. The summed E-state index contributed by atoms with van der Waals surface area (Å²) in [5.41, 5.74) is 2.56. The quantitative estimate of drug-likeness (QED) is 0.384. The average molecular weight is 436 g/mol. The fraction of sp³-hybridized carbons (Fsp3) is 0. The number of anilines is 2. The van der Waals surface area contributed by atoms with Crippen LogP contribution in [0.25, 0.3) is 6.08 Å². The van der Waals surface area contributed by atoms with E-state index in [1.54, 1.807) is 54.6 Å².